The molecule has 2 heterocycles. The van der Waals surface area contributed by atoms with Gasteiger partial charge in [-0.25, -0.2) is 0 Å². The lowest BCUT2D eigenvalue weighted by atomic mass is 9.83. The van der Waals surface area contributed by atoms with Gasteiger partial charge in [-0.1, -0.05) is 0 Å². The fourth-order valence-electron chi connectivity index (χ4n) is 3.15. The van der Waals surface area contributed by atoms with Crippen LogP contribution in [0, 0.1) is 0 Å². The minimum Gasteiger partial charge on any atom is -0.390 e. The van der Waals surface area contributed by atoms with E-state index in [4.69, 9.17) is 9.47 Å². The molecule has 3 atom stereocenters. The predicted octanol–water partition coefficient (Wildman–Crippen LogP) is 2.26. The molecule has 0 aromatic heterocycles. The van der Waals surface area contributed by atoms with E-state index >= 15 is 0 Å². The van der Waals surface area contributed by atoms with Gasteiger partial charge in [-0.3, -0.25) is 0 Å². The Morgan fingerprint density at radius 2 is 1.94 bits per heavy atom. The van der Waals surface area contributed by atoms with Crippen molar-refractivity contribution in [3.05, 3.63) is 0 Å². The summed E-state index contributed by atoms with van der Waals surface area (Å²) in [4.78, 5) is 0. The molecule has 2 aliphatic heterocycles. The molecule has 2 aliphatic rings. The van der Waals surface area contributed by atoms with Crippen molar-refractivity contribution >= 4 is 0 Å². The van der Waals surface area contributed by atoms with Gasteiger partial charge >= 0.3 is 0 Å². The Bertz CT molecular complexity index is 213. The van der Waals surface area contributed by atoms with E-state index in [1.807, 2.05) is 13.8 Å². The molecule has 0 aliphatic carbocycles. The Labute approximate surface area is 98.1 Å². The number of aliphatic hydroxyl groups is 1. The van der Waals surface area contributed by atoms with Crippen LogP contribution in [0.3, 0.4) is 0 Å². The molecular formula is C13H24O3. The molecule has 1 N–H and O–H groups in total. The van der Waals surface area contributed by atoms with E-state index in [0.29, 0.717) is 6.10 Å². The third kappa shape index (κ3) is 3.19. The topological polar surface area (TPSA) is 38.7 Å². The van der Waals surface area contributed by atoms with Crippen LogP contribution in [0.4, 0.5) is 0 Å². The first-order valence-corrected chi connectivity index (χ1v) is 6.57. The Balaban J connectivity index is 1.81. The summed E-state index contributed by atoms with van der Waals surface area (Å²) >= 11 is 0. The summed E-state index contributed by atoms with van der Waals surface area (Å²) in [6.45, 7) is 5.00. The molecule has 94 valence electrons. The summed E-state index contributed by atoms with van der Waals surface area (Å²) < 4.78 is 11.3. The maximum atomic E-state index is 10.5. The zero-order valence-electron chi connectivity index (χ0n) is 10.4. The lowest BCUT2D eigenvalue weighted by molar-refractivity contribution is -0.137. The number of rotatable bonds is 3. The highest BCUT2D eigenvalue weighted by atomic mass is 16.5. The van der Waals surface area contributed by atoms with Crippen molar-refractivity contribution in [2.45, 2.75) is 76.3 Å². The van der Waals surface area contributed by atoms with E-state index in [1.54, 1.807) is 0 Å². The quantitative estimate of drug-likeness (QED) is 0.805. The zero-order valence-corrected chi connectivity index (χ0v) is 10.4. The highest BCUT2D eigenvalue weighted by molar-refractivity contribution is 4.88. The monoisotopic (exact) mass is 228 g/mol. The standard InChI is InChI=1S/C13H24O3/c1-10-8-13(14,9-11(2)16-10)6-5-12-4-3-7-15-12/h10-12,14H,3-9H2,1-2H3. The Morgan fingerprint density at radius 1 is 1.25 bits per heavy atom. The fourth-order valence-corrected chi connectivity index (χ4v) is 3.15. The molecule has 3 unspecified atom stereocenters. The number of hydrogen-bond acceptors (Lipinski definition) is 3. The van der Waals surface area contributed by atoms with Crippen molar-refractivity contribution in [1.29, 1.82) is 0 Å². The van der Waals surface area contributed by atoms with Gasteiger partial charge in [0.25, 0.3) is 0 Å². The third-order valence-corrected chi connectivity index (χ3v) is 3.76. The average Bonchev–Trinajstić information content (AvgIpc) is 2.64. The molecule has 3 nitrogen and oxygen atoms in total. The van der Waals surface area contributed by atoms with Crippen molar-refractivity contribution in [2.24, 2.45) is 0 Å². The second kappa shape index (κ2) is 5.03. The smallest absolute Gasteiger partial charge is 0.0697 e. The minimum absolute atomic E-state index is 0.179. The van der Waals surface area contributed by atoms with Gasteiger partial charge in [-0.15, -0.1) is 0 Å². The largest absolute Gasteiger partial charge is 0.390 e. The lowest BCUT2D eigenvalue weighted by Gasteiger charge is -2.39. The normalized spacial score (nSPS) is 44.8. The summed E-state index contributed by atoms with van der Waals surface area (Å²) in [6.07, 6.45) is 6.48. The minimum atomic E-state index is -0.525. The van der Waals surface area contributed by atoms with Crippen LogP contribution in [0.2, 0.25) is 0 Å². The van der Waals surface area contributed by atoms with Gasteiger partial charge in [0.2, 0.25) is 0 Å². The molecule has 16 heavy (non-hydrogen) atoms. The van der Waals surface area contributed by atoms with E-state index in [2.05, 4.69) is 0 Å². The van der Waals surface area contributed by atoms with Crippen LogP contribution in [-0.2, 0) is 9.47 Å². The summed E-state index contributed by atoms with van der Waals surface area (Å²) in [7, 11) is 0. The molecule has 2 rings (SSSR count). The molecular weight excluding hydrogens is 204 g/mol. The first-order valence-electron chi connectivity index (χ1n) is 6.57. The van der Waals surface area contributed by atoms with Crippen LogP contribution in [0.15, 0.2) is 0 Å². The maximum Gasteiger partial charge on any atom is 0.0697 e. The van der Waals surface area contributed by atoms with Gasteiger partial charge in [-0.05, 0) is 39.5 Å². The molecule has 0 amide bonds. The molecule has 0 bridgehead atoms. The van der Waals surface area contributed by atoms with E-state index in [0.717, 1.165) is 38.7 Å². The van der Waals surface area contributed by atoms with Crippen molar-refractivity contribution in [2.75, 3.05) is 6.61 Å². The molecule has 0 aromatic carbocycles. The van der Waals surface area contributed by atoms with Crippen LogP contribution >= 0.6 is 0 Å². The summed E-state index contributed by atoms with van der Waals surface area (Å²) in [5.74, 6) is 0. The average molecular weight is 228 g/mol. The molecule has 0 radical (unpaired) electrons. The van der Waals surface area contributed by atoms with E-state index in [9.17, 15) is 5.11 Å². The zero-order chi connectivity index (χ0) is 11.6. The second-order valence-corrected chi connectivity index (χ2v) is 5.56. The maximum absolute atomic E-state index is 10.5. The van der Waals surface area contributed by atoms with E-state index in [-0.39, 0.29) is 12.2 Å². The van der Waals surface area contributed by atoms with Crippen LogP contribution < -0.4 is 0 Å². The first kappa shape index (κ1) is 12.3. The Kier molecular flexibility index (Phi) is 3.88. The van der Waals surface area contributed by atoms with Crippen molar-refractivity contribution in [3.63, 3.8) is 0 Å². The van der Waals surface area contributed by atoms with Crippen LogP contribution in [0.25, 0.3) is 0 Å². The van der Waals surface area contributed by atoms with Gasteiger partial charge in [0.15, 0.2) is 0 Å². The molecule has 2 saturated heterocycles. The number of ether oxygens (including phenoxy) is 2. The van der Waals surface area contributed by atoms with Crippen LogP contribution in [0.5, 0.6) is 0 Å². The second-order valence-electron chi connectivity index (χ2n) is 5.56. The van der Waals surface area contributed by atoms with E-state index in [1.165, 1.54) is 6.42 Å². The summed E-state index contributed by atoms with van der Waals surface area (Å²) in [5, 5.41) is 10.5. The molecule has 2 fully saturated rings. The molecule has 0 spiro atoms. The summed E-state index contributed by atoms with van der Waals surface area (Å²) in [5.41, 5.74) is -0.525. The van der Waals surface area contributed by atoms with Gasteiger partial charge in [0.1, 0.15) is 0 Å². The molecule has 0 aromatic rings. The lowest BCUT2D eigenvalue weighted by Crippen LogP contribution is -2.43. The highest BCUT2D eigenvalue weighted by Crippen LogP contribution is 2.33. The van der Waals surface area contributed by atoms with E-state index < -0.39 is 5.60 Å². The predicted molar refractivity (Wildman–Crippen MR) is 62.4 cm³/mol. The third-order valence-electron chi connectivity index (χ3n) is 3.76. The Hall–Kier alpha value is -0.120. The van der Waals surface area contributed by atoms with Crippen molar-refractivity contribution < 1.29 is 14.6 Å². The van der Waals surface area contributed by atoms with Crippen LogP contribution in [-0.4, -0.2) is 35.6 Å². The molecule has 0 saturated carbocycles. The fraction of sp³-hybridized carbons (Fsp3) is 1.00. The van der Waals surface area contributed by atoms with Crippen molar-refractivity contribution in [3.8, 4) is 0 Å². The summed E-state index contributed by atoms with van der Waals surface area (Å²) in [6, 6.07) is 0. The van der Waals surface area contributed by atoms with Gasteiger partial charge in [0, 0.05) is 19.4 Å². The van der Waals surface area contributed by atoms with Gasteiger partial charge in [0.05, 0.1) is 23.9 Å². The molecule has 3 heteroatoms. The Morgan fingerprint density at radius 3 is 2.50 bits per heavy atom. The van der Waals surface area contributed by atoms with Gasteiger partial charge in [-0.2, -0.15) is 0 Å². The van der Waals surface area contributed by atoms with Gasteiger partial charge < -0.3 is 14.6 Å². The number of hydrogen-bond donors (Lipinski definition) is 1. The first-order chi connectivity index (χ1) is 7.57. The van der Waals surface area contributed by atoms with Crippen LogP contribution in [0.1, 0.15) is 52.4 Å². The SMILES string of the molecule is CC1CC(O)(CCC2CCCO2)CC(C)O1. The van der Waals surface area contributed by atoms with Crippen molar-refractivity contribution in [1.82, 2.24) is 0 Å². The highest BCUT2D eigenvalue weighted by Gasteiger charge is 2.37.